The summed E-state index contributed by atoms with van der Waals surface area (Å²) in [5.74, 6) is 1.60. The molecule has 0 atom stereocenters. The van der Waals surface area contributed by atoms with Crippen molar-refractivity contribution in [1.82, 2.24) is 24.9 Å². The number of nitrogens with one attached hydrogen (secondary N) is 2. The third-order valence-corrected chi connectivity index (χ3v) is 6.24. The van der Waals surface area contributed by atoms with Gasteiger partial charge in [0.2, 0.25) is 11.9 Å². The summed E-state index contributed by atoms with van der Waals surface area (Å²) in [5.41, 5.74) is 1.66. The Bertz CT molecular complexity index is 1190. The number of rotatable bonds is 4. The van der Waals surface area contributed by atoms with Crippen molar-refractivity contribution in [1.29, 1.82) is 0 Å². The quantitative estimate of drug-likeness (QED) is 0.366. The first-order valence-electron chi connectivity index (χ1n) is 9.46. The van der Waals surface area contributed by atoms with Crippen LogP contribution in [-0.4, -0.2) is 24.9 Å². The predicted molar refractivity (Wildman–Crippen MR) is 124 cm³/mol. The molecule has 0 aliphatic rings. The monoisotopic (exact) mass is 433 g/mol. The number of anilines is 4. The van der Waals surface area contributed by atoms with Crippen LogP contribution in [0.5, 0.6) is 0 Å². The molecule has 5 aromatic rings. The fourth-order valence-electron chi connectivity index (χ4n) is 2.87. The van der Waals surface area contributed by atoms with Gasteiger partial charge in [-0.3, -0.25) is 10.6 Å². The van der Waals surface area contributed by atoms with Crippen LogP contribution in [0, 0.1) is 0 Å². The second kappa shape index (κ2) is 7.26. The number of thiazole rings is 2. The predicted octanol–water partition coefficient (Wildman–Crippen LogP) is 5.88. The largest absolute Gasteiger partial charge is 0.300 e. The van der Waals surface area contributed by atoms with Crippen molar-refractivity contribution in [2.24, 2.45) is 0 Å². The van der Waals surface area contributed by atoms with Crippen LogP contribution in [0.15, 0.2) is 48.5 Å². The first-order chi connectivity index (χ1) is 14.4. The lowest BCUT2D eigenvalue weighted by Crippen LogP contribution is -2.18. The minimum atomic E-state index is -0.239. The molecule has 3 heterocycles. The Kier molecular flexibility index (Phi) is 4.56. The second-order valence-electron chi connectivity index (χ2n) is 7.78. The maximum Gasteiger partial charge on any atom is 0.234 e. The maximum absolute atomic E-state index is 4.63. The smallest absolute Gasteiger partial charge is 0.234 e. The van der Waals surface area contributed by atoms with Gasteiger partial charge in [0, 0.05) is 5.41 Å². The molecule has 2 aromatic carbocycles. The van der Waals surface area contributed by atoms with Gasteiger partial charge in [0.05, 0.1) is 20.4 Å². The molecular formula is C21H19N7S2. The minimum absolute atomic E-state index is 0.239. The number of fused-ring (bicyclic) bond motifs is 2. The van der Waals surface area contributed by atoms with Gasteiger partial charge in [-0.1, -0.05) is 67.7 Å². The lowest BCUT2D eigenvalue weighted by molar-refractivity contribution is 0.544. The molecule has 3 aromatic heterocycles. The molecule has 5 rings (SSSR count). The van der Waals surface area contributed by atoms with E-state index in [1.54, 1.807) is 22.7 Å². The van der Waals surface area contributed by atoms with Crippen LogP contribution in [0.1, 0.15) is 26.6 Å². The van der Waals surface area contributed by atoms with Crippen LogP contribution >= 0.6 is 22.7 Å². The molecule has 9 heteroatoms. The Balaban J connectivity index is 1.50. The number of hydrogen-bond acceptors (Lipinski definition) is 9. The van der Waals surface area contributed by atoms with Gasteiger partial charge in [-0.2, -0.15) is 15.0 Å². The number of benzene rings is 2. The topological polar surface area (TPSA) is 88.5 Å². The third kappa shape index (κ3) is 3.81. The van der Waals surface area contributed by atoms with E-state index in [1.165, 1.54) is 0 Å². The molecule has 150 valence electrons. The number of aromatic nitrogens is 5. The Labute approximate surface area is 181 Å². The van der Waals surface area contributed by atoms with Crippen LogP contribution in [0.2, 0.25) is 0 Å². The van der Waals surface area contributed by atoms with Crippen LogP contribution < -0.4 is 10.6 Å². The second-order valence-corrected chi connectivity index (χ2v) is 9.84. The zero-order valence-electron chi connectivity index (χ0n) is 16.7. The molecule has 0 spiro atoms. The van der Waals surface area contributed by atoms with Crippen LogP contribution in [-0.2, 0) is 5.41 Å². The van der Waals surface area contributed by atoms with E-state index < -0.39 is 0 Å². The van der Waals surface area contributed by atoms with Crippen LogP contribution in [0.3, 0.4) is 0 Å². The van der Waals surface area contributed by atoms with Crippen molar-refractivity contribution in [3.63, 3.8) is 0 Å². The molecule has 2 N–H and O–H groups in total. The highest BCUT2D eigenvalue weighted by Gasteiger charge is 2.21. The standard InChI is InChI=1S/C21H19N7S2/c1-21(2,3)16-24-17(27-19-22-12-8-4-6-10-14(12)29-19)26-18(25-16)28-20-23-13-9-5-7-11-15(13)30-20/h4-11H,1-3H3,(H2,22,23,24,25,26,27,28). The van der Waals surface area contributed by atoms with Crippen LogP contribution in [0.25, 0.3) is 20.4 Å². The summed E-state index contributed by atoms with van der Waals surface area (Å²) in [5, 5.41) is 7.98. The van der Waals surface area contributed by atoms with Gasteiger partial charge in [-0.05, 0) is 24.3 Å². The molecule has 0 radical (unpaired) electrons. The van der Waals surface area contributed by atoms with E-state index in [2.05, 4.69) is 56.3 Å². The Morgan fingerprint density at radius 2 is 1.10 bits per heavy atom. The summed E-state index contributed by atoms with van der Waals surface area (Å²) >= 11 is 3.13. The highest BCUT2D eigenvalue weighted by molar-refractivity contribution is 7.22. The van der Waals surface area contributed by atoms with E-state index in [-0.39, 0.29) is 5.41 Å². The summed E-state index contributed by atoms with van der Waals surface area (Å²) in [6.07, 6.45) is 0. The first-order valence-corrected chi connectivity index (χ1v) is 11.1. The average Bonchev–Trinajstić information content (AvgIpc) is 3.29. The lowest BCUT2D eigenvalue weighted by Gasteiger charge is -2.18. The molecule has 0 saturated heterocycles. The molecule has 0 bridgehead atoms. The summed E-state index contributed by atoms with van der Waals surface area (Å²) in [6, 6.07) is 16.0. The zero-order chi connectivity index (χ0) is 20.7. The molecule has 0 aliphatic carbocycles. The van der Waals surface area contributed by atoms with Crippen molar-refractivity contribution in [2.45, 2.75) is 26.2 Å². The van der Waals surface area contributed by atoms with Gasteiger partial charge in [0.25, 0.3) is 0 Å². The minimum Gasteiger partial charge on any atom is -0.300 e. The van der Waals surface area contributed by atoms with E-state index in [9.17, 15) is 0 Å². The zero-order valence-corrected chi connectivity index (χ0v) is 18.3. The molecule has 0 saturated carbocycles. The van der Waals surface area contributed by atoms with Gasteiger partial charge >= 0.3 is 0 Å². The van der Waals surface area contributed by atoms with Gasteiger partial charge in [-0.25, -0.2) is 9.97 Å². The van der Waals surface area contributed by atoms with Crippen molar-refractivity contribution < 1.29 is 0 Å². The van der Waals surface area contributed by atoms with E-state index >= 15 is 0 Å². The first kappa shape index (κ1) is 18.8. The number of para-hydroxylation sites is 2. The van der Waals surface area contributed by atoms with E-state index in [0.717, 1.165) is 30.7 Å². The Hall–Kier alpha value is -3.17. The fraction of sp³-hybridized carbons (Fsp3) is 0.190. The normalized spacial score (nSPS) is 11.8. The van der Waals surface area contributed by atoms with E-state index in [4.69, 9.17) is 0 Å². The van der Waals surface area contributed by atoms with Crippen molar-refractivity contribution in [3.8, 4) is 0 Å². The molecular weight excluding hydrogens is 414 g/mol. The third-order valence-electron chi connectivity index (χ3n) is 4.33. The summed E-state index contributed by atoms with van der Waals surface area (Å²) < 4.78 is 2.22. The van der Waals surface area contributed by atoms with Gasteiger partial charge in [-0.15, -0.1) is 0 Å². The molecule has 0 unspecified atom stereocenters. The average molecular weight is 434 g/mol. The number of hydrogen-bond donors (Lipinski definition) is 2. The van der Waals surface area contributed by atoms with Crippen molar-refractivity contribution >= 4 is 65.3 Å². The summed E-state index contributed by atoms with van der Waals surface area (Å²) in [6.45, 7) is 6.22. The Morgan fingerprint density at radius 3 is 1.53 bits per heavy atom. The van der Waals surface area contributed by atoms with Crippen LogP contribution in [0.4, 0.5) is 22.2 Å². The molecule has 0 amide bonds. The van der Waals surface area contributed by atoms with Gasteiger partial charge in [0.1, 0.15) is 5.82 Å². The highest BCUT2D eigenvalue weighted by Crippen LogP contribution is 2.30. The van der Waals surface area contributed by atoms with E-state index in [1.807, 2.05) is 48.5 Å². The summed E-state index contributed by atoms with van der Waals surface area (Å²) in [7, 11) is 0. The molecule has 7 nitrogen and oxygen atoms in total. The molecule has 30 heavy (non-hydrogen) atoms. The van der Waals surface area contributed by atoms with Crippen molar-refractivity contribution in [2.75, 3.05) is 10.6 Å². The molecule has 0 aliphatic heterocycles. The van der Waals surface area contributed by atoms with E-state index in [0.29, 0.717) is 17.7 Å². The Morgan fingerprint density at radius 1 is 0.633 bits per heavy atom. The maximum atomic E-state index is 4.63. The SMILES string of the molecule is CC(C)(C)c1nc(Nc2nc3ccccc3s2)nc(Nc2nc3ccccc3s2)n1. The van der Waals surface area contributed by atoms with Crippen molar-refractivity contribution in [3.05, 3.63) is 54.4 Å². The molecule has 0 fully saturated rings. The highest BCUT2D eigenvalue weighted by atomic mass is 32.1. The number of nitrogens with zero attached hydrogens (tertiary/aromatic N) is 5. The summed E-state index contributed by atoms with van der Waals surface area (Å²) in [4.78, 5) is 23.1. The van der Waals surface area contributed by atoms with Gasteiger partial charge in [0.15, 0.2) is 10.3 Å². The lowest BCUT2D eigenvalue weighted by atomic mass is 9.96. The fourth-order valence-corrected chi connectivity index (χ4v) is 4.58. The van der Waals surface area contributed by atoms with Gasteiger partial charge < -0.3 is 0 Å².